The molecule has 0 spiro atoms. The van der Waals surface area contributed by atoms with Crippen molar-refractivity contribution < 1.29 is 13.5 Å². The fourth-order valence-electron chi connectivity index (χ4n) is 1.43. The molecule has 0 aliphatic rings. The van der Waals surface area contributed by atoms with Gasteiger partial charge in [-0.3, -0.25) is 0 Å². The van der Waals surface area contributed by atoms with Gasteiger partial charge in [0.05, 0.1) is 11.5 Å². The number of hydrogen-bond acceptors (Lipinski definition) is 4. The number of nitrogens with one attached hydrogen (secondary N) is 1. The molecule has 0 radical (unpaired) electrons. The van der Waals surface area contributed by atoms with Gasteiger partial charge in [0.1, 0.15) is 0 Å². The number of thioether (sulfide) groups is 1. The predicted molar refractivity (Wildman–Crippen MR) is 70.6 cm³/mol. The van der Waals surface area contributed by atoms with Gasteiger partial charge in [0, 0.05) is 11.3 Å². The number of sulfonamides is 1. The van der Waals surface area contributed by atoms with Gasteiger partial charge in [-0.2, -0.15) is 11.8 Å². The molecule has 2 N–H and O–H groups in total. The summed E-state index contributed by atoms with van der Waals surface area (Å²) in [7, 11) is -3.50. The fourth-order valence-corrected chi connectivity index (χ4v) is 3.44. The molecule has 6 heteroatoms. The first kappa shape index (κ1) is 14.5. The van der Waals surface area contributed by atoms with Crippen molar-refractivity contribution in [3.05, 3.63) is 30.3 Å². The van der Waals surface area contributed by atoms with Crippen LogP contribution < -0.4 is 4.72 Å². The van der Waals surface area contributed by atoms with Crippen molar-refractivity contribution in [1.29, 1.82) is 0 Å². The number of benzene rings is 1. The van der Waals surface area contributed by atoms with E-state index in [1.807, 2.05) is 6.26 Å². The quantitative estimate of drug-likeness (QED) is 0.815. The van der Waals surface area contributed by atoms with E-state index in [4.69, 9.17) is 5.11 Å². The highest BCUT2D eigenvalue weighted by Crippen LogP contribution is 2.14. The number of aliphatic hydroxyl groups excluding tert-OH is 1. The Morgan fingerprint density at radius 1 is 1.35 bits per heavy atom. The summed E-state index contributed by atoms with van der Waals surface area (Å²) in [6.07, 6.45) is 1.84. The molecule has 96 valence electrons. The van der Waals surface area contributed by atoms with E-state index in [1.165, 1.54) is 11.8 Å². The zero-order chi connectivity index (χ0) is 12.9. The normalized spacial score (nSPS) is 15.5. The molecular weight excluding hydrogens is 258 g/mol. The van der Waals surface area contributed by atoms with Gasteiger partial charge in [-0.25, -0.2) is 13.1 Å². The lowest BCUT2D eigenvalue weighted by Gasteiger charge is -2.21. The first-order chi connectivity index (χ1) is 8.01. The van der Waals surface area contributed by atoms with E-state index >= 15 is 0 Å². The predicted octanol–water partition coefficient (Wildman–Crippen LogP) is 1.08. The molecule has 17 heavy (non-hydrogen) atoms. The van der Waals surface area contributed by atoms with E-state index in [0.717, 1.165) is 0 Å². The van der Waals surface area contributed by atoms with Gasteiger partial charge >= 0.3 is 0 Å². The summed E-state index contributed by atoms with van der Waals surface area (Å²) in [5, 5.41) is 8.96. The molecule has 1 rings (SSSR count). The minimum atomic E-state index is -3.50. The van der Waals surface area contributed by atoms with Crippen LogP contribution in [-0.4, -0.2) is 37.7 Å². The average molecular weight is 275 g/mol. The minimum absolute atomic E-state index is 0.0559. The van der Waals surface area contributed by atoms with Crippen molar-refractivity contribution >= 4 is 21.8 Å². The van der Waals surface area contributed by atoms with Gasteiger partial charge in [0.25, 0.3) is 0 Å². The second-order valence-corrected chi connectivity index (χ2v) is 6.47. The Balaban J connectivity index is 2.81. The summed E-state index contributed by atoms with van der Waals surface area (Å²) in [4.78, 5) is 0.240. The summed E-state index contributed by atoms with van der Waals surface area (Å²) in [5.74, 6) is 0. The molecule has 0 aliphatic heterocycles. The van der Waals surface area contributed by atoms with Crippen molar-refractivity contribution in [2.45, 2.75) is 23.1 Å². The lowest BCUT2D eigenvalue weighted by atomic mass is 10.3. The van der Waals surface area contributed by atoms with Crippen molar-refractivity contribution in [3.8, 4) is 0 Å². The molecule has 0 heterocycles. The smallest absolute Gasteiger partial charge is 0.240 e. The number of hydrogen-bond donors (Lipinski definition) is 2. The van der Waals surface area contributed by atoms with Gasteiger partial charge in [-0.1, -0.05) is 18.2 Å². The van der Waals surface area contributed by atoms with Crippen LogP contribution in [0.25, 0.3) is 0 Å². The minimum Gasteiger partial charge on any atom is -0.395 e. The van der Waals surface area contributed by atoms with Crippen LogP contribution in [0.5, 0.6) is 0 Å². The average Bonchev–Trinajstić information content (AvgIpc) is 2.31. The van der Waals surface area contributed by atoms with Crippen molar-refractivity contribution in [2.24, 2.45) is 0 Å². The molecule has 0 saturated carbocycles. The highest BCUT2D eigenvalue weighted by molar-refractivity contribution is 7.99. The van der Waals surface area contributed by atoms with Crippen LogP contribution in [0.3, 0.4) is 0 Å². The molecule has 0 aliphatic carbocycles. The zero-order valence-corrected chi connectivity index (χ0v) is 11.5. The zero-order valence-electron chi connectivity index (χ0n) is 9.83. The second-order valence-electron chi connectivity index (χ2n) is 3.68. The Kier molecular flexibility index (Phi) is 5.45. The third-order valence-electron chi connectivity index (χ3n) is 2.43. The molecule has 0 amide bonds. The highest BCUT2D eigenvalue weighted by atomic mass is 32.2. The Morgan fingerprint density at radius 3 is 2.41 bits per heavy atom. The summed E-state index contributed by atoms with van der Waals surface area (Å²) in [6.45, 7) is 1.69. The van der Waals surface area contributed by atoms with Gasteiger partial charge in [-0.05, 0) is 25.3 Å². The maximum atomic E-state index is 12.0. The van der Waals surface area contributed by atoms with Gasteiger partial charge in [0.2, 0.25) is 10.0 Å². The number of aliphatic hydroxyl groups is 1. The SMILES string of the molecule is CSC(CO)C(C)NS(=O)(=O)c1ccccc1. The number of rotatable bonds is 6. The summed E-state index contributed by atoms with van der Waals surface area (Å²) < 4.78 is 26.5. The third-order valence-corrected chi connectivity index (χ3v) is 5.17. The third kappa shape index (κ3) is 3.99. The largest absolute Gasteiger partial charge is 0.395 e. The van der Waals surface area contributed by atoms with Gasteiger partial charge < -0.3 is 5.11 Å². The van der Waals surface area contributed by atoms with E-state index in [0.29, 0.717) is 0 Å². The summed E-state index contributed by atoms with van der Waals surface area (Å²) in [6, 6.07) is 7.89. The Hall–Kier alpha value is -0.560. The van der Waals surface area contributed by atoms with Gasteiger partial charge in [-0.15, -0.1) is 0 Å². The molecule has 1 aromatic carbocycles. The molecule has 2 unspecified atom stereocenters. The van der Waals surface area contributed by atoms with Crippen LogP contribution in [0.1, 0.15) is 6.92 Å². The Labute approximate surface area is 106 Å². The molecule has 0 saturated heterocycles. The second kappa shape index (κ2) is 6.39. The van der Waals surface area contributed by atoms with E-state index in [-0.39, 0.29) is 22.8 Å². The standard InChI is InChI=1S/C11H17NO3S2/c1-9(11(8-13)16-2)12-17(14,15)10-6-4-3-5-7-10/h3-7,9,11-13H,8H2,1-2H3. The lowest BCUT2D eigenvalue weighted by molar-refractivity contribution is 0.282. The van der Waals surface area contributed by atoms with Crippen LogP contribution >= 0.6 is 11.8 Å². The first-order valence-corrected chi connectivity index (χ1v) is 7.99. The van der Waals surface area contributed by atoms with E-state index in [9.17, 15) is 8.42 Å². The van der Waals surface area contributed by atoms with Crippen molar-refractivity contribution in [1.82, 2.24) is 4.72 Å². The van der Waals surface area contributed by atoms with Crippen molar-refractivity contribution in [3.63, 3.8) is 0 Å². The summed E-state index contributed by atoms with van der Waals surface area (Å²) >= 11 is 1.44. The molecule has 0 bridgehead atoms. The van der Waals surface area contributed by atoms with Crippen LogP contribution in [0.15, 0.2) is 35.2 Å². The van der Waals surface area contributed by atoms with Crippen LogP contribution in [0.2, 0.25) is 0 Å². The lowest BCUT2D eigenvalue weighted by Crippen LogP contribution is -2.41. The van der Waals surface area contributed by atoms with E-state index in [1.54, 1.807) is 37.3 Å². The molecule has 0 aromatic heterocycles. The summed E-state index contributed by atoms with van der Waals surface area (Å²) in [5.41, 5.74) is 0. The molecule has 4 nitrogen and oxygen atoms in total. The van der Waals surface area contributed by atoms with Crippen LogP contribution in [0.4, 0.5) is 0 Å². The van der Waals surface area contributed by atoms with E-state index < -0.39 is 10.0 Å². The molecule has 2 atom stereocenters. The Bertz CT molecular complexity index is 429. The first-order valence-electron chi connectivity index (χ1n) is 5.22. The van der Waals surface area contributed by atoms with Crippen LogP contribution in [0, 0.1) is 0 Å². The maximum absolute atomic E-state index is 12.0. The Morgan fingerprint density at radius 2 is 1.94 bits per heavy atom. The topological polar surface area (TPSA) is 66.4 Å². The monoisotopic (exact) mass is 275 g/mol. The molecule has 0 fully saturated rings. The van der Waals surface area contributed by atoms with Crippen LogP contribution in [-0.2, 0) is 10.0 Å². The highest BCUT2D eigenvalue weighted by Gasteiger charge is 2.22. The van der Waals surface area contributed by atoms with Gasteiger partial charge in [0.15, 0.2) is 0 Å². The molecule has 1 aromatic rings. The molecular formula is C11H17NO3S2. The maximum Gasteiger partial charge on any atom is 0.240 e. The van der Waals surface area contributed by atoms with E-state index in [2.05, 4.69) is 4.72 Å². The fraction of sp³-hybridized carbons (Fsp3) is 0.455. The van der Waals surface area contributed by atoms with Crippen molar-refractivity contribution in [2.75, 3.05) is 12.9 Å².